The maximum absolute atomic E-state index is 13.2. The lowest BCUT2D eigenvalue weighted by atomic mass is 9.88. The molecule has 2 amide bonds. The van der Waals surface area contributed by atoms with Crippen LogP contribution in [0, 0.1) is 0 Å². The first-order chi connectivity index (χ1) is 11.9. The van der Waals surface area contributed by atoms with Crippen molar-refractivity contribution in [2.24, 2.45) is 0 Å². The summed E-state index contributed by atoms with van der Waals surface area (Å²) in [6.45, 7) is 0.806. The molecule has 1 atom stereocenters. The Morgan fingerprint density at radius 1 is 1.16 bits per heavy atom. The van der Waals surface area contributed by atoms with Crippen LogP contribution in [0.5, 0.6) is 5.75 Å². The molecule has 25 heavy (non-hydrogen) atoms. The highest BCUT2D eigenvalue weighted by atomic mass is 32.2. The second-order valence-electron chi connectivity index (χ2n) is 6.57. The zero-order valence-electron chi connectivity index (χ0n) is 13.6. The van der Waals surface area contributed by atoms with Crippen LogP contribution in [0.15, 0.2) is 23.1 Å². The highest BCUT2D eigenvalue weighted by Gasteiger charge is 2.53. The van der Waals surface area contributed by atoms with Crippen molar-refractivity contribution in [2.45, 2.75) is 36.1 Å². The fourth-order valence-electron chi connectivity index (χ4n) is 3.89. The minimum Gasteiger partial charge on any atom is -0.482 e. The molecule has 2 N–H and O–H groups in total. The van der Waals surface area contributed by atoms with E-state index in [1.165, 1.54) is 22.5 Å². The summed E-state index contributed by atoms with van der Waals surface area (Å²) in [6.07, 6.45) is 2.47. The first-order valence-corrected chi connectivity index (χ1v) is 9.75. The number of carbonyl (C=O) groups excluding carboxylic acids is 2. The largest absolute Gasteiger partial charge is 0.482 e. The topological polar surface area (TPSA) is 105 Å². The molecule has 1 unspecified atom stereocenters. The van der Waals surface area contributed by atoms with Crippen LogP contribution in [0.3, 0.4) is 0 Å². The van der Waals surface area contributed by atoms with Crippen LogP contribution in [-0.4, -0.2) is 49.8 Å². The van der Waals surface area contributed by atoms with Gasteiger partial charge in [0.1, 0.15) is 11.3 Å². The normalized spacial score (nSPS) is 26.7. The van der Waals surface area contributed by atoms with E-state index in [0.29, 0.717) is 43.8 Å². The third kappa shape index (κ3) is 2.49. The first-order valence-electron chi connectivity index (χ1n) is 8.31. The van der Waals surface area contributed by atoms with Crippen LogP contribution in [0.1, 0.15) is 25.7 Å². The van der Waals surface area contributed by atoms with Gasteiger partial charge >= 0.3 is 0 Å². The van der Waals surface area contributed by atoms with Gasteiger partial charge in [-0.15, -0.1) is 0 Å². The number of nitrogens with one attached hydrogen (secondary N) is 2. The molecule has 3 aliphatic heterocycles. The molecule has 0 bridgehead atoms. The molecule has 1 aromatic rings. The molecular formula is C16H19N3O5S. The van der Waals surface area contributed by atoms with Crippen molar-refractivity contribution in [1.29, 1.82) is 0 Å². The molecule has 8 nitrogen and oxygen atoms in total. The van der Waals surface area contributed by atoms with Crippen molar-refractivity contribution in [1.82, 2.24) is 9.62 Å². The lowest BCUT2D eigenvalue weighted by molar-refractivity contribution is -0.131. The van der Waals surface area contributed by atoms with E-state index in [2.05, 4.69) is 10.6 Å². The van der Waals surface area contributed by atoms with Crippen LogP contribution < -0.4 is 15.4 Å². The van der Waals surface area contributed by atoms with Gasteiger partial charge in [0.05, 0.1) is 10.6 Å². The minimum absolute atomic E-state index is 0.0525. The quantitative estimate of drug-likeness (QED) is 0.792. The molecule has 2 saturated heterocycles. The van der Waals surface area contributed by atoms with Gasteiger partial charge < -0.3 is 15.4 Å². The fourth-order valence-corrected chi connectivity index (χ4v) is 5.75. The molecule has 3 heterocycles. The highest BCUT2D eigenvalue weighted by Crippen LogP contribution is 2.40. The average molecular weight is 365 g/mol. The number of carbonyl (C=O) groups is 2. The number of benzene rings is 1. The molecule has 0 radical (unpaired) electrons. The number of ether oxygens (including phenoxy) is 1. The third-order valence-electron chi connectivity index (χ3n) is 5.08. The maximum Gasteiger partial charge on any atom is 0.262 e. The van der Waals surface area contributed by atoms with Crippen molar-refractivity contribution in [3.05, 3.63) is 18.2 Å². The van der Waals surface area contributed by atoms with Gasteiger partial charge in [-0.25, -0.2) is 8.42 Å². The van der Waals surface area contributed by atoms with E-state index in [1.807, 2.05) is 0 Å². The van der Waals surface area contributed by atoms with Gasteiger partial charge in [-0.05, 0) is 43.9 Å². The van der Waals surface area contributed by atoms with Crippen molar-refractivity contribution >= 4 is 27.5 Å². The van der Waals surface area contributed by atoms with Crippen molar-refractivity contribution < 1.29 is 22.7 Å². The Balaban J connectivity index is 1.73. The molecule has 1 spiro atoms. The van der Waals surface area contributed by atoms with Crippen LogP contribution >= 0.6 is 0 Å². The van der Waals surface area contributed by atoms with Gasteiger partial charge in [0.15, 0.2) is 6.61 Å². The van der Waals surface area contributed by atoms with E-state index >= 15 is 0 Å². The van der Waals surface area contributed by atoms with Crippen LogP contribution in [0.2, 0.25) is 0 Å². The maximum atomic E-state index is 13.2. The first kappa shape index (κ1) is 16.3. The number of hydrogen-bond acceptors (Lipinski definition) is 5. The summed E-state index contributed by atoms with van der Waals surface area (Å²) < 4.78 is 33.0. The Bertz CT molecular complexity index is 853. The molecule has 4 rings (SSSR count). The Kier molecular flexibility index (Phi) is 3.73. The number of rotatable bonds is 2. The number of fused-ring (bicyclic) bond motifs is 1. The zero-order chi connectivity index (χ0) is 17.7. The second-order valence-corrected chi connectivity index (χ2v) is 8.43. The van der Waals surface area contributed by atoms with Gasteiger partial charge in [-0.2, -0.15) is 4.31 Å². The van der Waals surface area contributed by atoms with E-state index in [-0.39, 0.29) is 23.3 Å². The van der Waals surface area contributed by atoms with E-state index in [1.54, 1.807) is 0 Å². The van der Waals surface area contributed by atoms with Gasteiger partial charge in [0, 0.05) is 13.1 Å². The summed E-state index contributed by atoms with van der Waals surface area (Å²) in [5.74, 6) is -0.106. The Labute approximate surface area is 145 Å². The lowest BCUT2D eigenvalue weighted by Gasteiger charge is -2.39. The summed E-state index contributed by atoms with van der Waals surface area (Å²) >= 11 is 0. The predicted octanol–water partition coefficient (Wildman–Crippen LogP) is 0.451. The molecule has 2 fully saturated rings. The van der Waals surface area contributed by atoms with Gasteiger partial charge in [-0.3, -0.25) is 9.59 Å². The summed E-state index contributed by atoms with van der Waals surface area (Å²) in [6, 6.07) is 4.39. The number of hydrogen-bond donors (Lipinski definition) is 2. The SMILES string of the molecule is O=C1COc2ccc(S(=O)(=O)N3CCCC34CCCNC4=O)cc2N1. The average Bonchev–Trinajstić information content (AvgIpc) is 3.02. The number of amides is 2. The molecule has 0 saturated carbocycles. The smallest absolute Gasteiger partial charge is 0.262 e. The van der Waals surface area contributed by atoms with E-state index in [0.717, 1.165) is 6.42 Å². The lowest BCUT2D eigenvalue weighted by Crippen LogP contribution is -2.60. The minimum atomic E-state index is -3.86. The summed E-state index contributed by atoms with van der Waals surface area (Å²) in [5.41, 5.74) is -0.661. The monoisotopic (exact) mass is 365 g/mol. The standard InChI is InChI=1S/C16H19N3O5S/c20-14-10-24-13-4-3-11(9-12(13)18-14)25(22,23)19-8-2-6-16(19)5-1-7-17-15(16)21/h3-4,9H,1-2,5-8,10H2,(H,17,21)(H,18,20). The third-order valence-corrected chi connectivity index (χ3v) is 7.04. The van der Waals surface area contributed by atoms with Crippen LogP contribution in [-0.2, 0) is 19.6 Å². The summed E-state index contributed by atoms with van der Waals surface area (Å²) in [7, 11) is -3.86. The van der Waals surface area contributed by atoms with E-state index in [4.69, 9.17) is 4.74 Å². The summed E-state index contributed by atoms with van der Waals surface area (Å²) in [5, 5.41) is 5.42. The van der Waals surface area contributed by atoms with Gasteiger partial charge in [0.25, 0.3) is 5.91 Å². The van der Waals surface area contributed by atoms with Gasteiger partial charge in [0.2, 0.25) is 15.9 Å². The molecule has 134 valence electrons. The number of piperidine rings is 1. The zero-order valence-corrected chi connectivity index (χ0v) is 14.4. The molecule has 3 aliphatic rings. The predicted molar refractivity (Wildman–Crippen MR) is 88.7 cm³/mol. The van der Waals surface area contributed by atoms with Crippen LogP contribution in [0.4, 0.5) is 5.69 Å². The van der Waals surface area contributed by atoms with E-state index < -0.39 is 15.6 Å². The Morgan fingerprint density at radius 3 is 2.76 bits per heavy atom. The molecular weight excluding hydrogens is 346 g/mol. The van der Waals surface area contributed by atoms with Crippen LogP contribution in [0.25, 0.3) is 0 Å². The number of sulfonamides is 1. The fraction of sp³-hybridized carbons (Fsp3) is 0.500. The number of anilines is 1. The van der Waals surface area contributed by atoms with Gasteiger partial charge in [-0.1, -0.05) is 0 Å². The Morgan fingerprint density at radius 2 is 1.96 bits per heavy atom. The highest BCUT2D eigenvalue weighted by molar-refractivity contribution is 7.89. The van der Waals surface area contributed by atoms with Crippen molar-refractivity contribution in [3.8, 4) is 5.75 Å². The molecule has 1 aromatic carbocycles. The summed E-state index contributed by atoms with van der Waals surface area (Å²) in [4.78, 5) is 24.0. The molecule has 0 aromatic heterocycles. The number of nitrogens with zero attached hydrogens (tertiary/aromatic N) is 1. The molecule has 9 heteroatoms. The van der Waals surface area contributed by atoms with Crippen molar-refractivity contribution in [2.75, 3.05) is 25.0 Å². The van der Waals surface area contributed by atoms with Crippen molar-refractivity contribution in [3.63, 3.8) is 0 Å². The van der Waals surface area contributed by atoms with E-state index in [9.17, 15) is 18.0 Å². The second kappa shape index (κ2) is 5.70. The molecule has 0 aliphatic carbocycles. The Hall–Kier alpha value is -2.13.